The third-order valence-corrected chi connectivity index (χ3v) is 4.99. The van der Waals surface area contributed by atoms with Gasteiger partial charge in [-0.2, -0.15) is 0 Å². The first-order chi connectivity index (χ1) is 11.1. The largest absolute Gasteiger partial charge is 0.327 e. The molecule has 0 saturated carbocycles. The Bertz CT molecular complexity index is 638. The van der Waals surface area contributed by atoms with Gasteiger partial charge >= 0.3 is 0 Å². The van der Waals surface area contributed by atoms with Gasteiger partial charge < -0.3 is 5.73 Å². The van der Waals surface area contributed by atoms with Crippen LogP contribution in [0, 0.1) is 12.8 Å². The molecule has 3 rings (SSSR count). The maximum atomic E-state index is 6.32. The Morgan fingerprint density at radius 1 is 1.09 bits per heavy atom. The molecule has 1 aliphatic rings. The molecule has 2 aromatic carbocycles. The van der Waals surface area contributed by atoms with Gasteiger partial charge in [0.15, 0.2) is 0 Å². The maximum Gasteiger partial charge on any atom is 0.0406 e. The number of hydrogen-bond donors (Lipinski definition) is 1. The number of rotatable bonds is 4. The van der Waals surface area contributed by atoms with E-state index in [1.54, 1.807) is 0 Å². The lowest BCUT2D eigenvalue weighted by atomic mass is 9.88. The van der Waals surface area contributed by atoms with Gasteiger partial charge in [-0.05, 0) is 54.5 Å². The van der Waals surface area contributed by atoms with Crippen LogP contribution in [-0.2, 0) is 13.0 Å². The highest BCUT2D eigenvalue weighted by molar-refractivity contribution is 6.30. The van der Waals surface area contributed by atoms with Crippen LogP contribution in [0.3, 0.4) is 0 Å². The zero-order valence-electron chi connectivity index (χ0n) is 13.7. The minimum Gasteiger partial charge on any atom is -0.327 e. The van der Waals surface area contributed by atoms with E-state index >= 15 is 0 Å². The van der Waals surface area contributed by atoms with Crippen LogP contribution in [0.15, 0.2) is 48.5 Å². The van der Waals surface area contributed by atoms with Crippen LogP contribution in [0.5, 0.6) is 0 Å². The third kappa shape index (κ3) is 4.57. The summed E-state index contributed by atoms with van der Waals surface area (Å²) in [5.41, 5.74) is 10.4. The fourth-order valence-corrected chi connectivity index (χ4v) is 3.73. The standard InChI is InChI=1S/C20H25ClN2/c1-15-4-2-3-5-18(15)13-23-12-17(11-20(22)14-23)10-16-6-8-19(21)9-7-16/h2-9,17,20H,10-14,22H2,1H3. The van der Waals surface area contributed by atoms with Crippen LogP contribution >= 0.6 is 11.6 Å². The fraction of sp³-hybridized carbons (Fsp3) is 0.400. The number of nitrogens with two attached hydrogens (primary N) is 1. The van der Waals surface area contributed by atoms with E-state index in [4.69, 9.17) is 17.3 Å². The molecule has 2 unspecified atom stereocenters. The van der Waals surface area contributed by atoms with Crippen molar-refractivity contribution in [1.82, 2.24) is 4.90 Å². The van der Waals surface area contributed by atoms with Crippen molar-refractivity contribution in [1.29, 1.82) is 0 Å². The number of likely N-dealkylation sites (tertiary alicyclic amines) is 1. The first kappa shape index (κ1) is 16.5. The SMILES string of the molecule is Cc1ccccc1CN1CC(N)CC(Cc2ccc(Cl)cc2)C1. The zero-order valence-corrected chi connectivity index (χ0v) is 14.5. The Morgan fingerprint density at radius 3 is 2.57 bits per heavy atom. The molecule has 1 saturated heterocycles. The van der Waals surface area contributed by atoms with E-state index < -0.39 is 0 Å². The van der Waals surface area contributed by atoms with Gasteiger partial charge in [0.2, 0.25) is 0 Å². The maximum absolute atomic E-state index is 6.32. The summed E-state index contributed by atoms with van der Waals surface area (Å²) < 4.78 is 0. The normalized spacial score (nSPS) is 22.2. The summed E-state index contributed by atoms with van der Waals surface area (Å²) in [5, 5.41) is 0.801. The summed E-state index contributed by atoms with van der Waals surface area (Å²) in [6.45, 7) is 5.29. The van der Waals surface area contributed by atoms with Gasteiger partial charge in [0.05, 0.1) is 0 Å². The summed E-state index contributed by atoms with van der Waals surface area (Å²) in [4.78, 5) is 2.51. The number of benzene rings is 2. The molecular formula is C20H25ClN2. The summed E-state index contributed by atoms with van der Waals surface area (Å²) in [5.74, 6) is 0.615. The molecule has 2 atom stereocenters. The second-order valence-electron chi connectivity index (χ2n) is 6.81. The Morgan fingerprint density at radius 2 is 1.83 bits per heavy atom. The molecule has 0 aromatic heterocycles. The molecule has 2 nitrogen and oxygen atoms in total. The Hall–Kier alpha value is -1.35. The third-order valence-electron chi connectivity index (χ3n) is 4.74. The van der Waals surface area contributed by atoms with Crippen LogP contribution in [-0.4, -0.2) is 24.0 Å². The van der Waals surface area contributed by atoms with Crippen molar-refractivity contribution in [2.24, 2.45) is 11.7 Å². The molecule has 122 valence electrons. The Labute approximate surface area is 144 Å². The fourth-order valence-electron chi connectivity index (χ4n) is 3.61. The summed E-state index contributed by atoms with van der Waals surface area (Å²) in [6, 6.07) is 17.1. The first-order valence-corrected chi connectivity index (χ1v) is 8.75. The van der Waals surface area contributed by atoms with E-state index in [-0.39, 0.29) is 6.04 Å². The van der Waals surface area contributed by atoms with Crippen molar-refractivity contribution in [3.63, 3.8) is 0 Å². The van der Waals surface area contributed by atoms with Crippen LogP contribution in [0.4, 0.5) is 0 Å². The van der Waals surface area contributed by atoms with Gasteiger partial charge in [-0.25, -0.2) is 0 Å². The quantitative estimate of drug-likeness (QED) is 0.917. The summed E-state index contributed by atoms with van der Waals surface area (Å²) >= 11 is 5.98. The van der Waals surface area contributed by atoms with Gasteiger partial charge in [0.25, 0.3) is 0 Å². The van der Waals surface area contributed by atoms with Crippen molar-refractivity contribution in [2.75, 3.05) is 13.1 Å². The van der Waals surface area contributed by atoms with Crippen LogP contribution < -0.4 is 5.73 Å². The van der Waals surface area contributed by atoms with Crippen LogP contribution in [0.2, 0.25) is 5.02 Å². The molecule has 3 heteroatoms. The van der Waals surface area contributed by atoms with E-state index in [0.717, 1.165) is 37.5 Å². The predicted octanol–water partition coefficient (Wildman–Crippen LogP) is 4.04. The average molecular weight is 329 g/mol. The summed E-state index contributed by atoms with van der Waals surface area (Å²) in [6.07, 6.45) is 2.18. The molecular weight excluding hydrogens is 304 g/mol. The number of nitrogens with zero attached hydrogens (tertiary/aromatic N) is 1. The zero-order chi connectivity index (χ0) is 16.2. The number of hydrogen-bond acceptors (Lipinski definition) is 2. The van der Waals surface area contributed by atoms with Gasteiger partial charge in [0.1, 0.15) is 0 Å². The van der Waals surface area contributed by atoms with Crippen molar-refractivity contribution in [3.05, 3.63) is 70.2 Å². The lowest BCUT2D eigenvalue weighted by molar-refractivity contribution is 0.149. The van der Waals surface area contributed by atoms with E-state index in [1.807, 2.05) is 12.1 Å². The van der Waals surface area contributed by atoms with Crippen molar-refractivity contribution < 1.29 is 0 Å². The molecule has 2 N–H and O–H groups in total. The highest BCUT2D eigenvalue weighted by atomic mass is 35.5. The van der Waals surface area contributed by atoms with Crippen LogP contribution in [0.25, 0.3) is 0 Å². The Balaban J connectivity index is 1.64. The number of aryl methyl sites for hydroxylation is 1. The number of piperidine rings is 1. The lowest BCUT2D eigenvalue weighted by Gasteiger charge is -2.36. The monoisotopic (exact) mass is 328 g/mol. The average Bonchev–Trinajstić information content (AvgIpc) is 2.51. The molecule has 0 bridgehead atoms. The van der Waals surface area contributed by atoms with Gasteiger partial charge in [-0.1, -0.05) is 48.0 Å². The summed E-state index contributed by atoms with van der Waals surface area (Å²) in [7, 11) is 0. The van der Waals surface area contributed by atoms with E-state index in [9.17, 15) is 0 Å². The van der Waals surface area contributed by atoms with Gasteiger partial charge in [-0.15, -0.1) is 0 Å². The number of halogens is 1. The molecule has 2 aromatic rings. The highest BCUT2D eigenvalue weighted by Gasteiger charge is 2.25. The highest BCUT2D eigenvalue weighted by Crippen LogP contribution is 2.23. The predicted molar refractivity (Wildman–Crippen MR) is 97.7 cm³/mol. The topological polar surface area (TPSA) is 29.3 Å². The minimum absolute atomic E-state index is 0.269. The molecule has 0 amide bonds. The Kier molecular flexibility index (Phi) is 5.37. The van der Waals surface area contributed by atoms with E-state index in [0.29, 0.717) is 5.92 Å². The molecule has 0 aliphatic carbocycles. The lowest BCUT2D eigenvalue weighted by Crippen LogP contribution is -2.47. The molecule has 0 radical (unpaired) electrons. The van der Waals surface area contributed by atoms with Gasteiger partial charge in [0, 0.05) is 30.7 Å². The molecule has 0 spiro atoms. The van der Waals surface area contributed by atoms with Crippen LogP contribution in [0.1, 0.15) is 23.1 Å². The molecule has 1 heterocycles. The van der Waals surface area contributed by atoms with E-state index in [2.05, 4.69) is 48.2 Å². The molecule has 23 heavy (non-hydrogen) atoms. The molecule has 1 fully saturated rings. The van der Waals surface area contributed by atoms with E-state index in [1.165, 1.54) is 16.7 Å². The van der Waals surface area contributed by atoms with Crippen molar-refractivity contribution >= 4 is 11.6 Å². The minimum atomic E-state index is 0.269. The second kappa shape index (κ2) is 7.48. The smallest absolute Gasteiger partial charge is 0.0406 e. The van der Waals surface area contributed by atoms with Crippen molar-refractivity contribution in [3.8, 4) is 0 Å². The second-order valence-corrected chi connectivity index (χ2v) is 7.25. The van der Waals surface area contributed by atoms with Gasteiger partial charge in [-0.3, -0.25) is 4.90 Å². The molecule has 1 aliphatic heterocycles. The van der Waals surface area contributed by atoms with Crippen molar-refractivity contribution in [2.45, 2.75) is 32.4 Å². The first-order valence-electron chi connectivity index (χ1n) is 8.37.